The quantitative estimate of drug-likeness (QED) is 0.0806. The summed E-state index contributed by atoms with van der Waals surface area (Å²) < 4.78 is 11.3. The number of hydrogen-bond donors (Lipinski definition) is 0. The smallest absolute Gasteiger partial charge is 0.343 e. The first kappa shape index (κ1) is 28.1. The molecule has 0 atom stereocenters. The van der Waals surface area contributed by atoms with Gasteiger partial charge in [-0.05, 0) is 86.2 Å². The van der Waals surface area contributed by atoms with E-state index in [-0.39, 0.29) is 0 Å². The summed E-state index contributed by atoms with van der Waals surface area (Å²) in [4.78, 5) is 21.6. The molecule has 0 fully saturated rings. The highest BCUT2D eigenvalue weighted by molar-refractivity contribution is 5.91. The molecule has 37 heavy (non-hydrogen) atoms. The van der Waals surface area contributed by atoms with E-state index in [2.05, 4.69) is 23.5 Å². The lowest BCUT2D eigenvalue weighted by atomic mass is 10.1. The monoisotopic (exact) mass is 500 g/mol. The summed E-state index contributed by atoms with van der Waals surface area (Å²) in [5.74, 6) is 1.51. The normalized spacial score (nSPS) is 10.7. The number of rotatable bonds is 17. The number of allylic oxidation sites excluding steroid dienone is 1. The molecule has 0 aliphatic rings. The first-order valence-corrected chi connectivity index (χ1v) is 13.7. The molecule has 5 heteroatoms. The summed E-state index contributed by atoms with van der Waals surface area (Å²) in [6.07, 6.45) is 18.7. The highest BCUT2D eigenvalue weighted by Gasteiger charge is 2.10. The van der Waals surface area contributed by atoms with E-state index in [0.29, 0.717) is 23.7 Å². The Kier molecular flexibility index (Phi) is 12.4. The molecule has 0 N–H and O–H groups in total. The molecule has 0 radical (unpaired) electrons. The Bertz CT molecular complexity index is 1060. The van der Waals surface area contributed by atoms with Gasteiger partial charge in [-0.25, -0.2) is 14.8 Å². The molecule has 5 nitrogen and oxygen atoms in total. The molecule has 2 aromatic carbocycles. The van der Waals surface area contributed by atoms with Crippen molar-refractivity contribution in [3.8, 4) is 22.9 Å². The SMILES string of the molecule is C=CCCCCCCCOc1ccc(C(=O)Oc2ccc(-c3ncc(CCCCCC)cn3)cc2)cc1. The number of benzene rings is 2. The van der Waals surface area contributed by atoms with Gasteiger partial charge >= 0.3 is 5.97 Å². The minimum absolute atomic E-state index is 0.400. The second kappa shape index (κ2) is 16.3. The second-order valence-electron chi connectivity index (χ2n) is 9.36. The van der Waals surface area contributed by atoms with Crippen LogP contribution in [0.15, 0.2) is 73.6 Å². The number of carbonyl (C=O) groups excluding carboxylic acids is 1. The predicted octanol–water partition coefficient (Wildman–Crippen LogP) is 8.39. The standard InChI is InChI=1S/C32H40N2O3/c1-3-5-7-9-10-11-13-23-36-29-19-17-28(18-20-29)32(35)37-30-21-15-27(16-22-30)31-33-24-26(25-34-31)14-12-8-6-4-2/h3,15-22,24-25H,1,4-14,23H2,2H3. The van der Waals surface area contributed by atoms with Crippen molar-refractivity contribution in [2.75, 3.05) is 6.61 Å². The van der Waals surface area contributed by atoms with Gasteiger partial charge in [0.05, 0.1) is 12.2 Å². The van der Waals surface area contributed by atoms with Crippen LogP contribution in [-0.2, 0) is 6.42 Å². The van der Waals surface area contributed by atoms with Crippen molar-refractivity contribution < 1.29 is 14.3 Å². The van der Waals surface area contributed by atoms with Crippen LogP contribution < -0.4 is 9.47 Å². The zero-order chi connectivity index (χ0) is 26.1. The van der Waals surface area contributed by atoms with Crippen LogP contribution in [0, 0.1) is 0 Å². The summed E-state index contributed by atoms with van der Waals surface area (Å²) in [5.41, 5.74) is 2.53. The minimum Gasteiger partial charge on any atom is -0.494 e. The highest BCUT2D eigenvalue weighted by atomic mass is 16.5. The van der Waals surface area contributed by atoms with Crippen LogP contribution >= 0.6 is 0 Å². The van der Waals surface area contributed by atoms with Crippen molar-refractivity contribution in [1.29, 1.82) is 0 Å². The van der Waals surface area contributed by atoms with E-state index in [0.717, 1.165) is 42.6 Å². The van der Waals surface area contributed by atoms with E-state index in [1.807, 2.05) is 42.7 Å². The van der Waals surface area contributed by atoms with Crippen molar-refractivity contribution in [3.05, 3.63) is 84.7 Å². The zero-order valence-corrected chi connectivity index (χ0v) is 22.2. The van der Waals surface area contributed by atoms with Gasteiger partial charge in [0.25, 0.3) is 0 Å². The van der Waals surface area contributed by atoms with Crippen LogP contribution in [0.5, 0.6) is 11.5 Å². The van der Waals surface area contributed by atoms with E-state index < -0.39 is 5.97 Å². The molecule has 0 saturated heterocycles. The van der Waals surface area contributed by atoms with Crippen LogP contribution in [0.25, 0.3) is 11.4 Å². The van der Waals surface area contributed by atoms with E-state index in [1.165, 1.54) is 44.9 Å². The summed E-state index contributed by atoms with van der Waals surface area (Å²) in [6.45, 7) is 6.65. The lowest BCUT2D eigenvalue weighted by molar-refractivity contribution is 0.0734. The van der Waals surface area contributed by atoms with E-state index in [4.69, 9.17) is 9.47 Å². The van der Waals surface area contributed by atoms with Gasteiger partial charge in [0.2, 0.25) is 0 Å². The van der Waals surface area contributed by atoms with Gasteiger partial charge in [0.1, 0.15) is 11.5 Å². The largest absolute Gasteiger partial charge is 0.494 e. The number of unbranched alkanes of at least 4 members (excludes halogenated alkanes) is 8. The fourth-order valence-electron chi connectivity index (χ4n) is 4.03. The summed E-state index contributed by atoms with van der Waals surface area (Å²) in [7, 11) is 0. The molecule has 0 aliphatic carbocycles. The molecular formula is C32H40N2O3. The van der Waals surface area contributed by atoms with Crippen molar-refractivity contribution in [3.63, 3.8) is 0 Å². The van der Waals surface area contributed by atoms with Crippen molar-refractivity contribution in [2.45, 2.75) is 77.6 Å². The van der Waals surface area contributed by atoms with Crippen LogP contribution in [-0.4, -0.2) is 22.5 Å². The van der Waals surface area contributed by atoms with Gasteiger partial charge in [0.15, 0.2) is 5.82 Å². The molecule has 1 aromatic heterocycles. The fourth-order valence-corrected chi connectivity index (χ4v) is 4.03. The van der Waals surface area contributed by atoms with Gasteiger partial charge in [-0.1, -0.05) is 51.5 Å². The Morgan fingerprint density at radius 1 is 0.811 bits per heavy atom. The van der Waals surface area contributed by atoms with Crippen molar-refractivity contribution in [2.24, 2.45) is 0 Å². The fraction of sp³-hybridized carbons (Fsp3) is 0.406. The molecule has 0 unspecified atom stereocenters. The molecule has 0 bridgehead atoms. The van der Waals surface area contributed by atoms with E-state index in [9.17, 15) is 4.79 Å². The van der Waals surface area contributed by atoms with Gasteiger partial charge in [0, 0.05) is 18.0 Å². The Balaban J connectivity index is 1.41. The van der Waals surface area contributed by atoms with Crippen LogP contribution in [0.3, 0.4) is 0 Å². The first-order valence-electron chi connectivity index (χ1n) is 13.7. The lowest BCUT2D eigenvalue weighted by Crippen LogP contribution is -2.08. The number of ether oxygens (including phenoxy) is 2. The summed E-state index contributed by atoms with van der Waals surface area (Å²) in [6, 6.07) is 14.4. The minimum atomic E-state index is -0.400. The number of hydrogen-bond acceptors (Lipinski definition) is 5. The number of aromatic nitrogens is 2. The summed E-state index contributed by atoms with van der Waals surface area (Å²) in [5, 5.41) is 0. The zero-order valence-electron chi connectivity index (χ0n) is 22.2. The van der Waals surface area contributed by atoms with E-state index >= 15 is 0 Å². The van der Waals surface area contributed by atoms with Crippen LogP contribution in [0.1, 0.15) is 87.1 Å². The van der Waals surface area contributed by atoms with Crippen LogP contribution in [0.2, 0.25) is 0 Å². The maximum Gasteiger partial charge on any atom is 0.343 e. The van der Waals surface area contributed by atoms with Gasteiger partial charge in [-0.15, -0.1) is 6.58 Å². The lowest BCUT2D eigenvalue weighted by Gasteiger charge is -2.08. The number of aryl methyl sites for hydroxylation is 1. The van der Waals surface area contributed by atoms with Gasteiger partial charge in [-0.2, -0.15) is 0 Å². The Labute approximate surface area is 222 Å². The first-order chi connectivity index (χ1) is 18.2. The third-order valence-corrected chi connectivity index (χ3v) is 6.26. The Morgan fingerprint density at radius 2 is 1.46 bits per heavy atom. The van der Waals surface area contributed by atoms with Crippen LogP contribution in [0.4, 0.5) is 0 Å². The topological polar surface area (TPSA) is 61.3 Å². The molecule has 3 aromatic rings. The number of nitrogens with zero attached hydrogens (tertiary/aromatic N) is 2. The molecule has 0 aliphatic heterocycles. The molecule has 0 spiro atoms. The Morgan fingerprint density at radius 3 is 2.16 bits per heavy atom. The van der Waals surface area contributed by atoms with Crippen molar-refractivity contribution >= 4 is 5.97 Å². The van der Waals surface area contributed by atoms with Gasteiger partial charge < -0.3 is 9.47 Å². The highest BCUT2D eigenvalue weighted by Crippen LogP contribution is 2.21. The molecule has 196 valence electrons. The maximum absolute atomic E-state index is 12.6. The number of carbonyl (C=O) groups is 1. The maximum atomic E-state index is 12.6. The second-order valence-corrected chi connectivity index (χ2v) is 9.36. The molecule has 1 heterocycles. The third-order valence-electron chi connectivity index (χ3n) is 6.26. The molecule has 0 saturated carbocycles. The average molecular weight is 501 g/mol. The van der Waals surface area contributed by atoms with Crippen molar-refractivity contribution in [1.82, 2.24) is 9.97 Å². The summed E-state index contributed by atoms with van der Waals surface area (Å²) >= 11 is 0. The molecule has 3 rings (SSSR count). The number of esters is 1. The Hall–Kier alpha value is -3.47. The van der Waals surface area contributed by atoms with E-state index in [1.54, 1.807) is 24.3 Å². The predicted molar refractivity (Wildman–Crippen MR) is 150 cm³/mol. The molecule has 0 amide bonds. The molecular weight excluding hydrogens is 460 g/mol. The third kappa shape index (κ3) is 10.2. The average Bonchev–Trinajstić information content (AvgIpc) is 2.94. The van der Waals surface area contributed by atoms with Gasteiger partial charge in [-0.3, -0.25) is 0 Å².